The van der Waals surface area contributed by atoms with Gasteiger partial charge in [0.05, 0.1) is 25.9 Å². The van der Waals surface area contributed by atoms with Crippen molar-refractivity contribution in [3.8, 4) is 0 Å². The molecule has 0 fully saturated rings. The van der Waals surface area contributed by atoms with E-state index in [1.165, 1.54) is 0 Å². The van der Waals surface area contributed by atoms with Gasteiger partial charge >= 0.3 is 0 Å². The molecule has 0 aliphatic carbocycles. The number of aryl methyl sites for hydroxylation is 1. The first kappa shape index (κ1) is 13.1. The molecule has 3 N–H and O–H groups in total. The molecule has 1 rings (SSSR count). The minimum Gasteiger partial charge on any atom is -0.382 e. The zero-order valence-electron chi connectivity index (χ0n) is 9.77. The van der Waals surface area contributed by atoms with Crippen molar-refractivity contribution in [3.05, 3.63) is 29.6 Å². The number of aromatic nitrogens is 1. The van der Waals surface area contributed by atoms with Crippen LogP contribution in [0.3, 0.4) is 0 Å². The van der Waals surface area contributed by atoms with Gasteiger partial charge in [-0.3, -0.25) is 16.3 Å². The Morgan fingerprint density at radius 1 is 1.50 bits per heavy atom. The van der Waals surface area contributed by atoms with Crippen molar-refractivity contribution >= 4 is 0 Å². The molecule has 90 valence electrons. The van der Waals surface area contributed by atoms with Gasteiger partial charge < -0.3 is 9.47 Å². The van der Waals surface area contributed by atoms with E-state index in [1.807, 2.05) is 13.0 Å². The zero-order valence-corrected chi connectivity index (χ0v) is 9.77. The van der Waals surface area contributed by atoms with Crippen LogP contribution in [0.25, 0.3) is 0 Å². The number of pyridine rings is 1. The number of hydrogen-bond acceptors (Lipinski definition) is 5. The molecule has 0 aromatic carbocycles. The summed E-state index contributed by atoms with van der Waals surface area (Å²) in [7, 11) is 1.65. The van der Waals surface area contributed by atoms with Crippen LogP contribution in [0.1, 0.15) is 17.2 Å². The van der Waals surface area contributed by atoms with Gasteiger partial charge in [-0.05, 0) is 24.1 Å². The van der Waals surface area contributed by atoms with Crippen LogP contribution in [0.5, 0.6) is 0 Å². The van der Waals surface area contributed by atoms with E-state index in [0.29, 0.717) is 19.8 Å². The Morgan fingerprint density at radius 3 is 2.94 bits per heavy atom. The molecule has 0 aliphatic rings. The molecule has 1 atom stereocenters. The monoisotopic (exact) mass is 225 g/mol. The first-order valence-corrected chi connectivity index (χ1v) is 5.23. The smallest absolute Gasteiger partial charge is 0.0711 e. The number of hydrazine groups is 1. The molecule has 0 bridgehead atoms. The van der Waals surface area contributed by atoms with E-state index in [4.69, 9.17) is 15.3 Å². The molecule has 0 saturated carbocycles. The van der Waals surface area contributed by atoms with Gasteiger partial charge in [-0.25, -0.2) is 0 Å². The Bertz CT molecular complexity index is 307. The van der Waals surface area contributed by atoms with Crippen molar-refractivity contribution < 1.29 is 9.47 Å². The van der Waals surface area contributed by atoms with Crippen LogP contribution in [-0.2, 0) is 9.47 Å². The number of ether oxygens (including phenoxy) is 2. The minimum absolute atomic E-state index is 0.0365. The Balaban J connectivity index is 2.51. The summed E-state index contributed by atoms with van der Waals surface area (Å²) in [6.45, 7) is 3.68. The van der Waals surface area contributed by atoms with Gasteiger partial charge in [0.15, 0.2) is 0 Å². The van der Waals surface area contributed by atoms with Gasteiger partial charge in [0.2, 0.25) is 0 Å². The molecular weight excluding hydrogens is 206 g/mol. The van der Waals surface area contributed by atoms with Crippen molar-refractivity contribution in [3.63, 3.8) is 0 Å². The summed E-state index contributed by atoms with van der Waals surface area (Å²) in [6, 6.07) is 1.92. The molecule has 0 spiro atoms. The topological polar surface area (TPSA) is 69.4 Å². The van der Waals surface area contributed by atoms with Gasteiger partial charge in [-0.2, -0.15) is 0 Å². The van der Waals surface area contributed by atoms with E-state index >= 15 is 0 Å². The normalized spacial score (nSPS) is 12.7. The highest BCUT2D eigenvalue weighted by Gasteiger charge is 2.12. The van der Waals surface area contributed by atoms with Crippen LogP contribution >= 0.6 is 0 Å². The Hall–Kier alpha value is -1.01. The Morgan fingerprint density at radius 2 is 2.31 bits per heavy atom. The van der Waals surface area contributed by atoms with Crippen LogP contribution in [0, 0.1) is 6.92 Å². The third kappa shape index (κ3) is 3.86. The molecule has 1 unspecified atom stereocenters. The Kier molecular flexibility index (Phi) is 5.95. The average molecular weight is 225 g/mol. The van der Waals surface area contributed by atoms with E-state index < -0.39 is 0 Å². The van der Waals surface area contributed by atoms with Gasteiger partial charge in [0, 0.05) is 19.5 Å². The second kappa shape index (κ2) is 7.29. The summed E-state index contributed by atoms with van der Waals surface area (Å²) in [6.07, 6.45) is 3.57. The molecule has 1 aromatic heterocycles. The number of nitrogens with one attached hydrogen (secondary N) is 1. The molecule has 16 heavy (non-hydrogen) atoms. The van der Waals surface area contributed by atoms with Gasteiger partial charge in [0.1, 0.15) is 0 Å². The summed E-state index contributed by atoms with van der Waals surface area (Å²) < 4.78 is 10.3. The van der Waals surface area contributed by atoms with Crippen LogP contribution in [0.2, 0.25) is 0 Å². The summed E-state index contributed by atoms with van der Waals surface area (Å²) in [5.41, 5.74) is 4.93. The lowest BCUT2D eigenvalue weighted by Gasteiger charge is -2.17. The van der Waals surface area contributed by atoms with E-state index in [9.17, 15) is 0 Å². The first-order chi connectivity index (χ1) is 7.79. The van der Waals surface area contributed by atoms with Gasteiger partial charge in [-0.1, -0.05) is 0 Å². The van der Waals surface area contributed by atoms with E-state index in [0.717, 1.165) is 11.1 Å². The lowest BCUT2D eigenvalue weighted by atomic mass is 10.1. The SMILES string of the molecule is COCCOCC(NN)c1cnccc1C. The molecule has 1 heterocycles. The minimum atomic E-state index is -0.0365. The van der Waals surface area contributed by atoms with Crippen LogP contribution in [-0.4, -0.2) is 31.9 Å². The van der Waals surface area contributed by atoms with Crippen molar-refractivity contribution in [2.75, 3.05) is 26.9 Å². The third-order valence-electron chi connectivity index (χ3n) is 2.37. The second-order valence-corrected chi connectivity index (χ2v) is 3.52. The summed E-state index contributed by atoms with van der Waals surface area (Å²) in [4.78, 5) is 4.08. The molecule has 0 aliphatic heterocycles. The predicted molar refractivity (Wildman–Crippen MR) is 61.7 cm³/mol. The molecule has 0 amide bonds. The van der Waals surface area contributed by atoms with E-state index in [-0.39, 0.29) is 6.04 Å². The van der Waals surface area contributed by atoms with Crippen LogP contribution < -0.4 is 11.3 Å². The van der Waals surface area contributed by atoms with Gasteiger partial charge in [0.25, 0.3) is 0 Å². The zero-order chi connectivity index (χ0) is 11.8. The highest BCUT2D eigenvalue weighted by molar-refractivity contribution is 5.24. The fraction of sp³-hybridized carbons (Fsp3) is 0.545. The molecule has 5 heteroatoms. The largest absolute Gasteiger partial charge is 0.382 e. The molecule has 5 nitrogen and oxygen atoms in total. The van der Waals surface area contributed by atoms with Crippen LogP contribution in [0.4, 0.5) is 0 Å². The predicted octanol–water partition coefficient (Wildman–Crippen LogP) is 0.557. The third-order valence-corrected chi connectivity index (χ3v) is 2.37. The summed E-state index contributed by atoms with van der Waals surface area (Å²) >= 11 is 0. The standard InChI is InChI=1S/C11H19N3O2/c1-9-3-4-13-7-10(9)11(14-12)8-16-6-5-15-2/h3-4,7,11,14H,5-6,8,12H2,1-2H3. The number of hydrogen-bond donors (Lipinski definition) is 2. The summed E-state index contributed by atoms with van der Waals surface area (Å²) in [5, 5.41) is 0. The van der Waals surface area contributed by atoms with Crippen molar-refractivity contribution in [1.82, 2.24) is 10.4 Å². The fourth-order valence-electron chi connectivity index (χ4n) is 1.41. The summed E-state index contributed by atoms with van der Waals surface area (Å²) in [5.74, 6) is 5.50. The average Bonchev–Trinajstić information content (AvgIpc) is 2.31. The molecular formula is C11H19N3O2. The molecule has 0 radical (unpaired) electrons. The number of rotatable bonds is 7. The molecule has 0 saturated heterocycles. The second-order valence-electron chi connectivity index (χ2n) is 3.52. The first-order valence-electron chi connectivity index (χ1n) is 5.23. The highest BCUT2D eigenvalue weighted by Crippen LogP contribution is 2.15. The Labute approximate surface area is 95.9 Å². The van der Waals surface area contributed by atoms with E-state index in [1.54, 1.807) is 19.5 Å². The van der Waals surface area contributed by atoms with Crippen molar-refractivity contribution in [2.45, 2.75) is 13.0 Å². The number of methoxy groups -OCH3 is 1. The number of nitrogens with zero attached hydrogens (tertiary/aromatic N) is 1. The quantitative estimate of drug-likeness (QED) is 0.403. The molecule has 1 aromatic rings. The van der Waals surface area contributed by atoms with Crippen molar-refractivity contribution in [1.29, 1.82) is 0 Å². The highest BCUT2D eigenvalue weighted by atomic mass is 16.5. The lowest BCUT2D eigenvalue weighted by molar-refractivity contribution is 0.0584. The van der Waals surface area contributed by atoms with E-state index in [2.05, 4.69) is 10.4 Å². The fourth-order valence-corrected chi connectivity index (χ4v) is 1.41. The maximum atomic E-state index is 5.50. The van der Waals surface area contributed by atoms with Crippen molar-refractivity contribution in [2.24, 2.45) is 5.84 Å². The lowest BCUT2D eigenvalue weighted by Crippen LogP contribution is -2.32. The maximum absolute atomic E-state index is 5.50. The maximum Gasteiger partial charge on any atom is 0.0711 e. The van der Waals surface area contributed by atoms with Crippen LogP contribution in [0.15, 0.2) is 18.5 Å². The number of nitrogens with two attached hydrogens (primary N) is 1. The van der Waals surface area contributed by atoms with Gasteiger partial charge in [-0.15, -0.1) is 0 Å².